The van der Waals surface area contributed by atoms with E-state index in [9.17, 15) is 0 Å². The lowest BCUT2D eigenvalue weighted by Gasteiger charge is -2.23. The molecule has 26 heavy (non-hydrogen) atoms. The van der Waals surface area contributed by atoms with Gasteiger partial charge in [-0.15, -0.1) is 0 Å². The number of hydrogen-bond acceptors (Lipinski definition) is 5. The van der Waals surface area contributed by atoms with Crippen LogP contribution in [-0.2, 0) is 7.05 Å². The van der Waals surface area contributed by atoms with Crippen molar-refractivity contribution < 1.29 is 4.74 Å². The van der Waals surface area contributed by atoms with Gasteiger partial charge in [0.1, 0.15) is 5.75 Å². The van der Waals surface area contributed by atoms with E-state index in [4.69, 9.17) is 10.5 Å². The zero-order valence-electron chi connectivity index (χ0n) is 14.5. The Balaban J connectivity index is 1.81. The second kappa shape index (κ2) is 5.26. The number of nitrogens with one attached hydrogen (secondary N) is 1. The molecule has 7 nitrogen and oxygen atoms in total. The van der Waals surface area contributed by atoms with Crippen LogP contribution < -0.4 is 15.8 Å². The number of benzene rings is 2. The van der Waals surface area contributed by atoms with Crippen LogP contribution in [0.5, 0.6) is 5.75 Å². The highest BCUT2D eigenvalue weighted by Crippen LogP contribution is 2.37. The molecule has 2 aromatic heterocycles. The number of nitrogens with two attached hydrogens (primary N) is 1. The zero-order chi connectivity index (χ0) is 17.8. The summed E-state index contributed by atoms with van der Waals surface area (Å²) >= 11 is 0. The fraction of sp³-hybridized carbons (Fsp3) is 0.158. The average Bonchev–Trinajstić information content (AvgIpc) is 3.18. The Bertz CT molecular complexity index is 1190. The van der Waals surface area contributed by atoms with Gasteiger partial charge >= 0.3 is 0 Å². The number of aromatic nitrogens is 3. The summed E-state index contributed by atoms with van der Waals surface area (Å²) in [5.41, 5.74) is 10.1. The molecule has 0 saturated heterocycles. The van der Waals surface area contributed by atoms with E-state index < -0.39 is 0 Å². The molecule has 2 aromatic carbocycles. The molecule has 7 heteroatoms. The first-order valence-corrected chi connectivity index (χ1v) is 8.36. The van der Waals surface area contributed by atoms with Crippen LogP contribution in [0.25, 0.3) is 21.9 Å². The lowest BCUT2D eigenvalue weighted by Crippen LogP contribution is -2.31. The number of anilines is 1. The van der Waals surface area contributed by atoms with E-state index in [1.165, 1.54) is 0 Å². The van der Waals surface area contributed by atoms with Crippen molar-refractivity contribution in [3.05, 3.63) is 54.2 Å². The van der Waals surface area contributed by atoms with Gasteiger partial charge in [-0.3, -0.25) is 9.88 Å². The molecule has 0 radical (unpaired) electrons. The lowest BCUT2D eigenvalue weighted by atomic mass is 10.1. The van der Waals surface area contributed by atoms with Crippen molar-refractivity contribution in [2.45, 2.75) is 6.17 Å². The normalized spacial score (nSPS) is 16.4. The number of hydrogen-bond donors (Lipinski definition) is 2. The van der Waals surface area contributed by atoms with Crippen molar-refractivity contribution in [2.75, 3.05) is 12.4 Å². The molecule has 4 aromatic rings. The first-order valence-electron chi connectivity index (χ1n) is 8.36. The number of guanidine groups is 1. The second-order valence-electron chi connectivity index (χ2n) is 6.39. The molecule has 0 aliphatic carbocycles. The first kappa shape index (κ1) is 14.8. The SMILES string of the molecule is COc1ccc2c(c1)c(C1N=C(N)Nc3nc4ccccc4n31)cn2C. The molecule has 1 aliphatic rings. The monoisotopic (exact) mass is 346 g/mol. The summed E-state index contributed by atoms with van der Waals surface area (Å²) in [5.74, 6) is 1.87. The molecule has 0 saturated carbocycles. The van der Waals surface area contributed by atoms with Gasteiger partial charge < -0.3 is 15.0 Å². The third-order valence-electron chi connectivity index (χ3n) is 4.85. The van der Waals surface area contributed by atoms with Gasteiger partial charge in [-0.2, -0.15) is 0 Å². The molecule has 3 heterocycles. The molecular formula is C19H18N6O. The summed E-state index contributed by atoms with van der Waals surface area (Å²) < 4.78 is 9.60. The molecule has 3 N–H and O–H groups in total. The smallest absolute Gasteiger partial charge is 0.212 e. The fourth-order valence-corrected chi connectivity index (χ4v) is 3.66. The quantitative estimate of drug-likeness (QED) is 0.585. The van der Waals surface area contributed by atoms with E-state index in [0.717, 1.165) is 33.2 Å². The minimum Gasteiger partial charge on any atom is -0.497 e. The highest BCUT2D eigenvalue weighted by atomic mass is 16.5. The Kier molecular flexibility index (Phi) is 3.00. The van der Waals surface area contributed by atoms with Gasteiger partial charge in [0.2, 0.25) is 5.95 Å². The Morgan fingerprint density at radius 1 is 1.15 bits per heavy atom. The Morgan fingerprint density at radius 3 is 2.85 bits per heavy atom. The molecule has 0 bridgehead atoms. The van der Waals surface area contributed by atoms with E-state index in [0.29, 0.717) is 11.9 Å². The summed E-state index contributed by atoms with van der Waals surface area (Å²) in [5, 5.41) is 4.16. The maximum atomic E-state index is 6.06. The summed E-state index contributed by atoms with van der Waals surface area (Å²) in [7, 11) is 3.70. The van der Waals surface area contributed by atoms with Crippen LogP contribution >= 0.6 is 0 Å². The van der Waals surface area contributed by atoms with Crippen LogP contribution in [-0.4, -0.2) is 27.2 Å². The largest absolute Gasteiger partial charge is 0.497 e. The summed E-state index contributed by atoms with van der Waals surface area (Å²) in [4.78, 5) is 9.35. The number of imidazole rings is 1. The summed E-state index contributed by atoms with van der Waals surface area (Å²) in [6.07, 6.45) is 1.80. The predicted molar refractivity (Wildman–Crippen MR) is 103 cm³/mol. The minimum absolute atomic E-state index is 0.297. The Hall–Kier alpha value is -3.48. The van der Waals surface area contributed by atoms with Gasteiger partial charge in [-0.1, -0.05) is 12.1 Å². The molecule has 1 unspecified atom stereocenters. The standard InChI is InChI=1S/C19H18N6O/c1-24-10-13(12-9-11(26-2)7-8-15(12)24)17-22-18(20)23-19-21-14-5-3-4-6-16(14)25(17)19/h3-10,17H,1-2H3,(H3,20,21,22,23). The van der Waals surface area contributed by atoms with Crippen molar-refractivity contribution in [3.63, 3.8) is 0 Å². The van der Waals surface area contributed by atoms with E-state index in [2.05, 4.69) is 36.7 Å². The average molecular weight is 346 g/mol. The topological polar surface area (TPSA) is 82.4 Å². The number of para-hydroxylation sites is 2. The van der Waals surface area contributed by atoms with Gasteiger partial charge in [-0.05, 0) is 30.3 Å². The molecule has 1 atom stereocenters. The molecule has 130 valence electrons. The predicted octanol–water partition coefficient (Wildman–Crippen LogP) is 2.82. The van der Waals surface area contributed by atoms with E-state index >= 15 is 0 Å². The van der Waals surface area contributed by atoms with E-state index in [1.54, 1.807) is 7.11 Å². The third kappa shape index (κ3) is 2.00. The van der Waals surface area contributed by atoms with Gasteiger partial charge in [0.15, 0.2) is 12.1 Å². The van der Waals surface area contributed by atoms with Crippen LogP contribution in [0.4, 0.5) is 5.95 Å². The van der Waals surface area contributed by atoms with Gasteiger partial charge in [-0.25, -0.2) is 9.98 Å². The third-order valence-corrected chi connectivity index (χ3v) is 4.85. The highest BCUT2D eigenvalue weighted by Gasteiger charge is 2.27. The number of rotatable bonds is 2. The summed E-state index contributed by atoms with van der Waals surface area (Å²) in [6, 6.07) is 14.1. The van der Waals surface area contributed by atoms with Gasteiger partial charge in [0, 0.05) is 29.7 Å². The van der Waals surface area contributed by atoms with E-state index in [-0.39, 0.29) is 6.17 Å². The number of nitrogens with zero attached hydrogens (tertiary/aromatic N) is 4. The molecule has 0 fully saturated rings. The maximum Gasteiger partial charge on any atom is 0.212 e. The van der Waals surface area contributed by atoms with Crippen molar-refractivity contribution in [1.82, 2.24) is 14.1 Å². The van der Waals surface area contributed by atoms with Crippen LogP contribution in [0.2, 0.25) is 0 Å². The molecule has 5 rings (SSSR count). The van der Waals surface area contributed by atoms with Crippen LogP contribution in [0.15, 0.2) is 53.7 Å². The maximum absolute atomic E-state index is 6.06. The van der Waals surface area contributed by atoms with Crippen molar-refractivity contribution >= 4 is 33.8 Å². The molecular weight excluding hydrogens is 328 g/mol. The lowest BCUT2D eigenvalue weighted by molar-refractivity contribution is 0.415. The Morgan fingerprint density at radius 2 is 2.00 bits per heavy atom. The second-order valence-corrected chi connectivity index (χ2v) is 6.39. The van der Waals surface area contributed by atoms with Crippen molar-refractivity contribution in [2.24, 2.45) is 17.8 Å². The van der Waals surface area contributed by atoms with Gasteiger partial charge in [0.25, 0.3) is 0 Å². The van der Waals surface area contributed by atoms with Gasteiger partial charge in [0.05, 0.1) is 18.1 Å². The number of aliphatic imine (C=N–C) groups is 1. The van der Waals surface area contributed by atoms with Crippen LogP contribution in [0, 0.1) is 0 Å². The number of methoxy groups -OCH3 is 1. The highest BCUT2D eigenvalue weighted by molar-refractivity contribution is 5.95. The number of ether oxygens (including phenoxy) is 1. The van der Waals surface area contributed by atoms with Crippen LogP contribution in [0.3, 0.4) is 0 Å². The van der Waals surface area contributed by atoms with E-state index in [1.807, 2.05) is 43.4 Å². The molecule has 0 amide bonds. The van der Waals surface area contributed by atoms with Crippen LogP contribution in [0.1, 0.15) is 11.7 Å². The Labute approximate surface area is 149 Å². The summed E-state index contributed by atoms with van der Waals surface area (Å²) in [6.45, 7) is 0. The number of aryl methyl sites for hydroxylation is 1. The number of fused-ring (bicyclic) bond motifs is 4. The minimum atomic E-state index is -0.297. The fourth-order valence-electron chi connectivity index (χ4n) is 3.66. The van der Waals surface area contributed by atoms with Crippen molar-refractivity contribution in [1.29, 1.82) is 0 Å². The zero-order valence-corrected chi connectivity index (χ0v) is 14.5. The molecule has 0 spiro atoms. The molecule has 1 aliphatic heterocycles. The van der Waals surface area contributed by atoms with Crippen molar-refractivity contribution in [3.8, 4) is 5.75 Å². The first-order chi connectivity index (χ1) is 12.7.